The van der Waals surface area contributed by atoms with Gasteiger partial charge in [-0.1, -0.05) is 6.07 Å². The molecule has 0 amide bonds. The maximum atomic E-state index is 12.1. The highest BCUT2D eigenvalue weighted by atomic mass is 32.2. The van der Waals surface area contributed by atoms with Crippen LogP contribution in [0.3, 0.4) is 0 Å². The van der Waals surface area contributed by atoms with Crippen molar-refractivity contribution in [1.82, 2.24) is 10.3 Å². The number of aromatic nitrogens is 1. The van der Waals surface area contributed by atoms with Gasteiger partial charge in [0.2, 0.25) is 10.0 Å². The zero-order valence-electron chi connectivity index (χ0n) is 9.81. The summed E-state index contributed by atoms with van der Waals surface area (Å²) in [6.45, 7) is 3.25. The molecule has 2 heterocycles. The monoisotopic (exact) mass is 255 g/mol. The molecular formula is C11H17N3O2S. The first kappa shape index (κ1) is 12.3. The Morgan fingerprint density at radius 2 is 2.35 bits per heavy atom. The molecule has 1 aromatic rings. The molecule has 1 saturated heterocycles. The van der Waals surface area contributed by atoms with Crippen LogP contribution >= 0.6 is 0 Å². The molecule has 1 aromatic heterocycles. The van der Waals surface area contributed by atoms with Crippen molar-refractivity contribution in [2.24, 2.45) is 0 Å². The topological polar surface area (TPSA) is 71.1 Å². The van der Waals surface area contributed by atoms with Gasteiger partial charge in [-0.25, -0.2) is 13.4 Å². The molecule has 1 aliphatic rings. The van der Waals surface area contributed by atoms with Crippen LogP contribution in [0.25, 0.3) is 0 Å². The summed E-state index contributed by atoms with van der Waals surface area (Å²) in [5.41, 5.74) is 0.833. The number of hydrogen-bond acceptors (Lipinski definition) is 4. The Labute approximate surface area is 102 Å². The number of sulfonamides is 1. The van der Waals surface area contributed by atoms with E-state index >= 15 is 0 Å². The fourth-order valence-corrected chi connectivity index (χ4v) is 3.36. The predicted molar refractivity (Wildman–Crippen MR) is 67.4 cm³/mol. The highest BCUT2D eigenvalue weighted by Crippen LogP contribution is 2.17. The lowest BCUT2D eigenvalue weighted by atomic mass is 10.2. The van der Waals surface area contributed by atoms with Gasteiger partial charge in [0.25, 0.3) is 0 Å². The van der Waals surface area contributed by atoms with Crippen LogP contribution < -0.4 is 10.0 Å². The first-order chi connectivity index (χ1) is 8.09. The fraction of sp³-hybridized carbons (Fsp3) is 0.545. The average molecular weight is 255 g/mol. The minimum atomic E-state index is -3.33. The SMILES string of the molecule is Cc1cccnc1NS(=O)(=O)C1CCCNC1. The van der Waals surface area contributed by atoms with Crippen LogP contribution in [0.5, 0.6) is 0 Å². The number of pyridine rings is 1. The van der Waals surface area contributed by atoms with Crippen molar-refractivity contribution >= 4 is 15.8 Å². The molecule has 2 N–H and O–H groups in total. The number of nitrogens with zero attached hydrogens (tertiary/aromatic N) is 1. The van der Waals surface area contributed by atoms with E-state index in [1.807, 2.05) is 13.0 Å². The van der Waals surface area contributed by atoms with Gasteiger partial charge in [0, 0.05) is 12.7 Å². The van der Waals surface area contributed by atoms with Crippen LogP contribution in [-0.2, 0) is 10.0 Å². The van der Waals surface area contributed by atoms with E-state index in [9.17, 15) is 8.42 Å². The molecular weight excluding hydrogens is 238 g/mol. The van der Waals surface area contributed by atoms with Crippen molar-refractivity contribution in [3.05, 3.63) is 23.9 Å². The van der Waals surface area contributed by atoms with Crippen LogP contribution in [0.4, 0.5) is 5.82 Å². The van der Waals surface area contributed by atoms with Crippen LogP contribution in [0.2, 0.25) is 0 Å². The maximum absolute atomic E-state index is 12.1. The van der Waals surface area contributed by atoms with E-state index in [1.165, 1.54) is 0 Å². The lowest BCUT2D eigenvalue weighted by Crippen LogP contribution is -2.41. The van der Waals surface area contributed by atoms with Gasteiger partial charge in [-0.2, -0.15) is 0 Å². The smallest absolute Gasteiger partial charge is 0.238 e. The molecule has 0 bridgehead atoms. The molecule has 1 fully saturated rings. The van der Waals surface area contributed by atoms with Crippen LogP contribution in [-0.4, -0.2) is 31.7 Å². The van der Waals surface area contributed by atoms with E-state index < -0.39 is 10.0 Å². The van der Waals surface area contributed by atoms with E-state index in [4.69, 9.17) is 0 Å². The third-order valence-electron chi connectivity index (χ3n) is 2.94. The second kappa shape index (κ2) is 5.01. The first-order valence-corrected chi connectivity index (χ1v) is 7.28. The number of hydrogen-bond donors (Lipinski definition) is 2. The second-order valence-corrected chi connectivity index (χ2v) is 6.25. The quantitative estimate of drug-likeness (QED) is 0.841. The molecule has 6 heteroatoms. The average Bonchev–Trinajstić information content (AvgIpc) is 2.33. The van der Waals surface area contributed by atoms with Gasteiger partial charge in [-0.05, 0) is 37.9 Å². The molecule has 2 rings (SSSR count). The van der Waals surface area contributed by atoms with E-state index in [0.29, 0.717) is 18.8 Å². The summed E-state index contributed by atoms with van der Waals surface area (Å²) < 4.78 is 26.8. The van der Waals surface area contributed by atoms with Crippen LogP contribution in [0.1, 0.15) is 18.4 Å². The molecule has 17 heavy (non-hydrogen) atoms. The Morgan fingerprint density at radius 3 is 3.00 bits per heavy atom. The van der Waals surface area contributed by atoms with Crippen molar-refractivity contribution in [1.29, 1.82) is 0 Å². The number of aryl methyl sites for hydroxylation is 1. The van der Waals surface area contributed by atoms with Gasteiger partial charge >= 0.3 is 0 Å². The summed E-state index contributed by atoms with van der Waals surface area (Å²) >= 11 is 0. The molecule has 5 nitrogen and oxygen atoms in total. The standard InChI is InChI=1S/C11H17N3O2S/c1-9-4-2-7-13-11(9)14-17(15,16)10-5-3-6-12-8-10/h2,4,7,10,12H,3,5-6,8H2,1H3,(H,13,14). The van der Waals surface area contributed by atoms with Gasteiger partial charge in [0.15, 0.2) is 0 Å². The van der Waals surface area contributed by atoms with E-state index in [0.717, 1.165) is 18.5 Å². The maximum Gasteiger partial charge on any atom is 0.238 e. The Balaban J connectivity index is 2.14. The fourth-order valence-electron chi connectivity index (χ4n) is 1.90. The molecule has 0 spiro atoms. The summed E-state index contributed by atoms with van der Waals surface area (Å²) in [6.07, 6.45) is 3.19. The van der Waals surface area contributed by atoms with Gasteiger partial charge in [-0.15, -0.1) is 0 Å². The van der Waals surface area contributed by atoms with Crippen molar-refractivity contribution in [3.8, 4) is 0 Å². The summed E-state index contributed by atoms with van der Waals surface area (Å²) in [4.78, 5) is 4.05. The summed E-state index contributed by atoms with van der Waals surface area (Å²) in [5, 5.41) is 2.74. The highest BCUT2D eigenvalue weighted by Gasteiger charge is 2.27. The number of nitrogens with one attached hydrogen (secondary N) is 2. The molecule has 94 valence electrons. The van der Waals surface area contributed by atoms with Crippen molar-refractivity contribution in [2.45, 2.75) is 25.0 Å². The van der Waals surface area contributed by atoms with Crippen molar-refractivity contribution < 1.29 is 8.42 Å². The Hall–Kier alpha value is -1.14. The zero-order valence-corrected chi connectivity index (χ0v) is 10.6. The lowest BCUT2D eigenvalue weighted by Gasteiger charge is -2.23. The summed E-state index contributed by atoms with van der Waals surface area (Å²) in [6, 6.07) is 3.62. The molecule has 0 saturated carbocycles. The molecule has 0 aromatic carbocycles. The third kappa shape index (κ3) is 2.95. The molecule has 1 atom stereocenters. The molecule has 1 unspecified atom stereocenters. The summed E-state index contributed by atoms with van der Waals surface area (Å²) in [7, 11) is -3.33. The summed E-state index contributed by atoms with van der Waals surface area (Å²) in [5.74, 6) is 0.429. The number of rotatable bonds is 3. The lowest BCUT2D eigenvalue weighted by molar-refractivity contribution is 0.499. The van der Waals surface area contributed by atoms with Crippen LogP contribution in [0, 0.1) is 6.92 Å². The van der Waals surface area contributed by atoms with Crippen molar-refractivity contribution in [2.75, 3.05) is 17.8 Å². The normalized spacial score (nSPS) is 21.1. The highest BCUT2D eigenvalue weighted by molar-refractivity contribution is 7.93. The molecule has 0 radical (unpaired) electrons. The van der Waals surface area contributed by atoms with E-state index in [-0.39, 0.29) is 5.25 Å². The van der Waals surface area contributed by atoms with Gasteiger partial charge in [0.1, 0.15) is 5.82 Å². The van der Waals surface area contributed by atoms with E-state index in [1.54, 1.807) is 12.3 Å². The number of piperidine rings is 1. The Kier molecular flexibility index (Phi) is 3.63. The Bertz CT molecular complexity index is 481. The first-order valence-electron chi connectivity index (χ1n) is 5.73. The van der Waals surface area contributed by atoms with Gasteiger partial charge in [-0.3, -0.25) is 4.72 Å². The Morgan fingerprint density at radius 1 is 1.53 bits per heavy atom. The minimum Gasteiger partial charge on any atom is -0.315 e. The third-order valence-corrected chi connectivity index (χ3v) is 4.70. The van der Waals surface area contributed by atoms with Gasteiger partial charge in [0.05, 0.1) is 5.25 Å². The molecule has 0 aliphatic carbocycles. The number of anilines is 1. The van der Waals surface area contributed by atoms with Crippen molar-refractivity contribution in [3.63, 3.8) is 0 Å². The minimum absolute atomic E-state index is 0.363. The van der Waals surface area contributed by atoms with Crippen LogP contribution in [0.15, 0.2) is 18.3 Å². The second-order valence-electron chi connectivity index (χ2n) is 4.28. The zero-order chi connectivity index (χ0) is 12.3. The molecule has 1 aliphatic heterocycles. The van der Waals surface area contributed by atoms with Gasteiger partial charge < -0.3 is 5.32 Å². The van der Waals surface area contributed by atoms with E-state index in [2.05, 4.69) is 15.0 Å². The largest absolute Gasteiger partial charge is 0.315 e. The predicted octanol–water partition coefficient (Wildman–Crippen LogP) is 0.884.